The molecule has 0 saturated heterocycles. The molecule has 4 rings (SSSR count). The molecule has 10 heteroatoms. The van der Waals surface area contributed by atoms with Crippen molar-refractivity contribution >= 4 is 39.7 Å². The second kappa shape index (κ2) is 6.85. The number of hydrogen-bond acceptors (Lipinski definition) is 7. The molecule has 132 valence electrons. The highest BCUT2D eigenvalue weighted by molar-refractivity contribution is 7.16. The summed E-state index contributed by atoms with van der Waals surface area (Å²) in [7, 11) is 0. The van der Waals surface area contributed by atoms with E-state index in [0.29, 0.717) is 23.0 Å². The van der Waals surface area contributed by atoms with Gasteiger partial charge >= 0.3 is 0 Å². The number of amides is 1. The Morgan fingerprint density at radius 2 is 2.12 bits per heavy atom. The summed E-state index contributed by atoms with van der Waals surface area (Å²) in [6, 6.07) is 8.88. The Hall–Kier alpha value is -2.78. The molecule has 0 saturated carbocycles. The number of aryl methyl sites for hydroxylation is 2. The van der Waals surface area contributed by atoms with Crippen LogP contribution in [0.15, 0.2) is 34.9 Å². The molecule has 0 unspecified atom stereocenters. The summed E-state index contributed by atoms with van der Waals surface area (Å²) >= 11 is 7.29. The maximum absolute atomic E-state index is 12.1. The lowest BCUT2D eigenvalue weighted by Gasteiger charge is -1.98. The van der Waals surface area contributed by atoms with Crippen molar-refractivity contribution in [3.8, 4) is 11.3 Å². The van der Waals surface area contributed by atoms with E-state index in [2.05, 4.69) is 25.8 Å². The Bertz CT molecular complexity index is 1070. The number of nitrogens with zero attached hydrogens (tertiary/aromatic N) is 5. The van der Waals surface area contributed by atoms with Gasteiger partial charge in [-0.1, -0.05) is 40.2 Å². The summed E-state index contributed by atoms with van der Waals surface area (Å²) in [6.07, 6.45) is 0.789. The number of anilines is 1. The topological polar surface area (TPSA) is 98.2 Å². The predicted octanol–water partition coefficient (Wildman–Crippen LogP) is 3.37. The smallest absolute Gasteiger partial charge is 0.234 e. The summed E-state index contributed by atoms with van der Waals surface area (Å²) in [5.41, 5.74) is 1.48. The molecule has 0 aliphatic rings. The second-order valence-electron chi connectivity index (χ2n) is 5.57. The van der Waals surface area contributed by atoms with Gasteiger partial charge in [0, 0.05) is 29.5 Å². The third kappa shape index (κ3) is 3.44. The van der Waals surface area contributed by atoms with Gasteiger partial charge in [0.25, 0.3) is 0 Å². The third-order valence-corrected chi connectivity index (χ3v) is 4.88. The molecule has 0 atom stereocenters. The molecular formula is C16H13ClN6O2S. The van der Waals surface area contributed by atoms with Crippen LogP contribution in [-0.2, 0) is 11.2 Å². The first-order chi connectivity index (χ1) is 12.6. The highest BCUT2D eigenvalue weighted by Gasteiger charge is 2.13. The SMILES string of the molecule is Cc1nnc2sc(CCC(=O)Nc3cc(-c4ccc(Cl)cc4)no3)nn12. The van der Waals surface area contributed by atoms with Crippen LogP contribution < -0.4 is 5.32 Å². The number of hydrogen-bond donors (Lipinski definition) is 1. The van der Waals surface area contributed by atoms with Crippen LogP contribution in [0.25, 0.3) is 16.2 Å². The molecule has 1 amide bonds. The van der Waals surface area contributed by atoms with E-state index in [1.54, 1.807) is 22.7 Å². The van der Waals surface area contributed by atoms with Gasteiger partial charge in [-0.15, -0.1) is 10.2 Å². The van der Waals surface area contributed by atoms with Gasteiger partial charge < -0.3 is 4.52 Å². The molecule has 0 aliphatic carbocycles. The molecule has 8 nitrogen and oxygen atoms in total. The highest BCUT2D eigenvalue weighted by atomic mass is 35.5. The Balaban J connectivity index is 1.36. The van der Waals surface area contributed by atoms with Crippen molar-refractivity contribution in [2.24, 2.45) is 0 Å². The van der Waals surface area contributed by atoms with Crippen LogP contribution in [0, 0.1) is 6.92 Å². The minimum atomic E-state index is -0.175. The molecule has 0 spiro atoms. The Kier molecular flexibility index (Phi) is 4.39. The fourth-order valence-electron chi connectivity index (χ4n) is 2.37. The normalized spacial score (nSPS) is 11.2. The number of nitrogens with one attached hydrogen (secondary N) is 1. The minimum absolute atomic E-state index is 0.175. The van der Waals surface area contributed by atoms with E-state index in [1.807, 2.05) is 19.1 Å². The molecule has 4 aromatic rings. The van der Waals surface area contributed by atoms with E-state index < -0.39 is 0 Å². The Morgan fingerprint density at radius 1 is 1.31 bits per heavy atom. The number of carbonyl (C=O) groups is 1. The molecule has 0 aliphatic heterocycles. The summed E-state index contributed by atoms with van der Waals surface area (Å²) in [4.78, 5) is 12.8. The summed E-state index contributed by atoms with van der Waals surface area (Å²) < 4.78 is 6.85. The lowest BCUT2D eigenvalue weighted by atomic mass is 10.1. The van der Waals surface area contributed by atoms with E-state index in [-0.39, 0.29) is 12.3 Å². The maximum Gasteiger partial charge on any atom is 0.234 e. The van der Waals surface area contributed by atoms with Crippen LogP contribution >= 0.6 is 22.9 Å². The summed E-state index contributed by atoms with van der Waals surface area (Å²) in [5.74, 6) is 0.851. The molecule has 0 radical (unpaired) electrons. The first-order valence-corrected chi connectivity index (χ1v) is 8.98. The summed E-state index contributed by atoms with van der Waals surface area (Å²) in [6.45, 7) is 1.83. The van der Waals surface area contributed by atoms with Gasteiger partial charge in [-0.05, 0) is 19.1 Å². The largest absolute Gasteiger partial charge is 0.338 e. The first kappa shape index (κ1) is 16.7. The van der Waals surface area contributed by atoms with Crippen LogP contribution in [0.2, 0.25) is 5.02 Å². The van der Waals surface area contributed by atoms with Crippen LogP contribution in [0.4, 0.5) is 5.88 Å². The van der Waals surface area contributed by atoms with Gasteiger partial charge in [0.2, 0.25) is 16.8 Å². The number of fused-ring (bicyclic) bond motifs is 1. The lowest BCUT2D eigenvalue weighted by Crippen LogP contribution is -2.11. The maximum atomic E-state index is 12.1. The first-order valence-electron chi connectivity index (χ1n) is 7.79. The molecular weight excluding hydrogens is 376 g/mol. The van der Waals surface area contributed by atoms with Gasteiger partial charge in [0.05, 0.1) is 0 Å². The number of benzene rings is 1. The molecule has 0 fully saturated rings. The molecule has 3 aromatic heterocycles. The zero-order valence-corrected chi connectivity index (χ0v) is 15.2. The van der Waals surface area contributed by atoms with Gasteiger partial charge in [-0.25, -0.2) is 0 Å². The highest BCUT2D eigenvalue weighted by Crippen LogP contribution is 2.23. The van der Waals surface area contributed by atoms with Gasteiger partial charge in [-0.3, -0.25) is 10.1 Å². The fourth-order valence-corrected chi connectivity index (χ4v) is 3.37. The average molecular weight is 389 g/mol. The number of aromatic nitrogens is 5. The molecule has 26 heavy (non-hydrogen) atoms. The van der Waals surface area contributed by atoms with Crippen LogP contribution in [0.1, 0.15) is 17.3 Å². The van der Waals surface area contributed by atoms with Crippen molar-refractivity contribution in [2.75, 3.05) is 5.32 Å². The van der Waals surface area contributed by atoms with E-state index in [4.69, 9.17) is 16.1 Å². The number of halogens is 1. The van der Waals surface area contributed by atoms with Crippen molar-refractivity contribution in [3.63, 3.8) is 0 Å². The quantitative estimate of drug-likeness (QED) is 0.562. The molecule has 0 bridgehead atoms. The summed E-state index contributed by atoms with van der Waals surface area (Å²) in [5, 5.41) is 20.5. The predicted molar refractivity (Wildman–Crippen MR) is 97.3 cm³/mol. The van der Waals surface area contributed by atoms with Gasteiger partial charge in [0.1, 0.15) is 10.7 Å². The number of carbonyl (C=O) groups excluding carboxylic acids is 1. The molecule has 1 N–H and O–H groups in total. The van der Waals surface area contributed by atoms with E-state index in [1.165, 1.54) is 11.3 Å². The lowest BCUT2D eigenvalue weighted by molar-refractivity contribution is -0.116. The standard InChI is InChI=1S/C16H13ClN6O2S/c1-9-19-20-16-23(9)21-15(26-16)7-6-13(24)18-14-8-12(22-25-14)10-2-4-11(17)5-3-10/h2-5,8H,6-7H2,1H3,(H,18,24). The average Bonchev–Trinajstić information content (AvgIpc) is 3.32. The third-order valence-electron chi connectivity index (χ3n) is 3.67. The van der Waals surface area contributed by atoms with Crippen molar-refractivity contribution in [1.29, 1.82) is 0 Å². The van der Waals surface area contributed by atoms with Crippen LogP contribution in [0.3, 0.4) is 0 Å². The van der Waals surface area contributed by atoms with Crippen molar-refractivity contribution < 1.29 is 9.32 Å². The fraction of sp³-hybridized carbons (Fsp3) is 0.188. The van der Waals surface area contributed by atoms with Crippen molar-refractivity contribution in [2.45, 2.75) is 19.8 Å². The van der Waals surface area contributed by atoms with Crippen molar-refractivity contribution in [1.82, 2.24) is 25.0 Å². The van der Waals surface area contributed by atoms with Crippen LogP contribution in [0.5, 0.6) is 0 Å². The Morgan fingerprint density at radius 3 is 2.88 bits per heavy atom. The number of rotatable bonds is 5. The van der Waals surface area contributed by atoms with Crippen LogP contribution in [-0.4, -0.2) is 30.9 Å². The van der Waals surface area contributed by atoms with Gasteiger partial charge in [-0.2, -0.15) is 9.61 Å². The Labute approximate surface area is 156 Å². The second-order valence-corrected chi connectivity index (χ2v) is 7.05. The zero-order chi connectivity index (χ0) is 18.1. The minimum Gasteiger partial charge on any atom is -0.338 e. The zero-order valence-electron chi connectivity index (χ0n) is 13.6. The molecule has 3 heterocycles. The van der Waals surface area contributed by atoms with Gasteiger partial charge in [0.15, 0.2) is 5.82 Å². The molecule has 1 aromatic carbocycles. The van der Waals surface area contributed by atoms with E-state index in [9.17, 15) is 4.79 Å². The van der Waals surface area contributed by atoms with E-state index in [0.717, 1.165) is 21.4 Å². The monoisotopic (exact) mass is 388 g/mol. The van der Waals surface area contributed by atoms with E-state index >= 15 is 0 Å². The van der Waals surface area contributed by atoms with Crippen molar-refractivity contribution in [3.05, 3.63) is 46.2 Å².